The van der Waals surface area contributed by atoms with Crippen LogP contribution >= 0.6 is 11.6 Å². The highest BCUT2D eigenvalue weighted by atomic mass is 35.5. The summed E-state index contributed by atoms with van der Waals surface area (Å²) >= 11 is 6.14. The summed E-state index contributed by atoms with van der Waals surface area (Å²) in [4.78, 5) is 0. The third-order valence-electron chi connectivity index (χ3n) is 4.88. The Hall–Kier alpha value is -0.540. The Morgan fingerprint density at radius 1 is 1.15 bits per heavy atom. The van der Waals surface area contributed by atoms with E-state index in [1.807, 2.05) is 0 Å². The highest BCUT2D eigenvalue weighted by Crippen LogP contribution is 2.29. The molecular weight excluding hydrogens is 270 g/mol. The molecule has 4 heteroatoms. The van der Waals surface area contributed by atoms with E-state index in [9.17, 15) is 0 Å². The summed E-state index contributed by atoms with van der Waals surface area (Å²) in [5.41, 5.74) is 1.18. The van der Waals surface area contributed by atoms with Gasteiger partial charge in [0.25, 0.3) is 0 Å². The summed E-state index contributed by atoms with van der Waals surface area (Å²) in [6.45, 7) is 2.01. The van der Waals surface area contributed by atoms with Gasteiger partial charge in [0.2, 0.25) is 0 Å². The summed E-state index contributed by atoms with van der Waals surface area (Å²) in [5, 5.41) is 8.72. The van der Waals surface area contributed by atoms with Crippen LogP contribution in [0.4, 0.5) is 0 Å². The fourth-order valence-corrected chi connectivity index (χ4v) is 3.83. The van der Waals surface area contributed by atoms with E-state index in [4.69, 9.17) is 16.7 Å². The summed E-state index contributed by atoms with van der Waals surface area (Å²) in [7, 11) is 0. The van der Waals surface area contributed by atoms with Crippen molar-refractivity contribution in [3.63, 3.8) is 0 Å². The molecule has 2 saturated carbocycles. The topological polar surface area (TPSA) is 29.9 Å². The minimum Gasteiger partial charge on any atom is -0.311 e. The summed E-state index contributed by atoms with van der Waals surface area (Å²) in [6.07, 6.45) is 12.4. The minimum absolute atomic E-state index is 0.424. The van der Waals surface area contributed by atoms with E-state index < -0.39 is 0 Å². The van der Waals surface area contributed by atoms with Crippen LogP contribution in [0.5, 0.6) is 0 Å². The van der Waals surface area contributed by atoms with Crippen molar-refractivity contribution < 1.29 is 0 Å². The van der Waals surface area contributed by atoms with Gasteiger partial charge in [0.15, 0.2) is 0 Å². The molecule has 0 aliphatic heterocycles. The van der Waals surface area contributed by atoms with Crippen LogP contribution < -0.4 is 5.32 Å². The number of hydrogen-bond donors (Lipinski definition) is 1. The Labute approximate surface area is 127 Å². The van der Waals surface area contributed by atoms with Crippen molar-refractivity contribution in [2.24, 2.45) is 5.92 Å². The lowest BCUT2D eigenvalue weighted by Crippen LogP contribution is -2.26. The third-order valence-corrected chi connectivity index (χ3v) is 5.31. The Morgan fingerprint density at radius 2 is 1.90 bits per heavy atom. The van der Waals surface area contributed by atoms with Crippen molar-refractivity contribution in [3.8, 4) is 0 Å². The van der Waals surface area contributed by atoms with Gasteiger partial charge in [-0.3, -0.25) is 4.68 Å². The Morgan fingerprint density at radius 3 is 2.65 bits per heavy atom. The van der Waals surface area contributed by atoms with Crippen molar-refractivity contribution in [2.75, 3.05) is 6.54 Å². The normalized spacial score (nSPS) is 28.1. The van der Waals surface area contributed by atoms with Crippen LogP contribution in [0.15, 0.2) is 12.3 Å². The van der Waals surface area contributed by atoms with E-state index in [-0.39, 0.29) is 0 Å². The van der Waals surface area contributed by atoms with Crippen LogP contribution in [-0.2, 0) is 6.54 Å². The van der Waals surface area contributed by atoms with Crippen molar-refractivity contribution in [1.29, 1.82) is 0 Å². The predicted molar refractivity (Wildman–Crippen MR) is 83.0 cm³/mol. The molecule has 20 heavy (non-hydrogen) atoms. The molecule has 0 spiro atoms. The lowest BCUT2D eigenvalue weighted by Gasteiger charge is -2.24. The predicted octanol–water partition coefficient (Wildman–Crippen LogP) is 3.89. The average Bonchev–Trinajstić information content (AvgIpc) is 3.11. The molecule has 3 nitrogen and oxygen atoms in total. The molecule has 2 aliphatic carbocycles. The zero-order valence-corrected chi connectivity index (χ0v) is 13.0. The molecule has 2 fully saturated rings. The Bertz CT molecular complexity index is 404. The fourth-order valence-electron chi connectivity index (χ4n) is 3.57. The Balaban J connectivity index is 1.40. The first kappa shape index (κ1) is 14.4. The first-order valence-electron chi connectivity index (χ1n) is 8.20. The van der Waals surface area contributed by atoms with Crippen molar-refractivity contribution >= 4 is 11.6 Å². The third kappa shape index (κ3) is 3.76. The molecule has 0 radical (unpaired) electrons. The van der Waals surface area contributed by atoms with Gasteiger partial charge in [0, 0.05) is 18.1 Å². The molecule has 0 atom stereocenters. The van der Waals surface area contributed by atoms with Gasteiger partial charge in [-0.2, -0.15) is 5.10 Å². The lowest BCUT2D eigenvalue weighted by molar-refractivity contribution is 0.344. The van der Waals surface area contributed by atoms with Gasteiger partial charge in [0.05, 0.1) is 11.7 Å². The number of nitrogens with zero attached hydrogens (tertiary/aromatic N) is 2. The highest BCUT2D eigenvalue weighted by molar-refractivity contribution is 6.20. The molecule has 2 aliphatic rings. The van der Waals surface area contributed by atoms with Crippen molar-refractivity contribution in [3.05, 3.63) is 18.0 Å². The van der Waals surface area contributed by atoms with Crippen LogP contribution in [0.1, 0.15) is 63.1 Å². The smallest absolute Gasteiger partial charge is 0.0762 e. The largest absolute Gasteiger partial charge is 0.311 e. The maximum atomic E-state index is 6.14. The first-order chi connectivity index (χ1) is 9.81. The fraction of sp³-hybridized carbons (Fsp3) is 0.812. The number of hydrogen-bond acceptors (Lipinski definition) is 2. The van der Waals surface area contributed by atoms with Crippen LogP contribution in [-0.4, -0.2) is 21.7 Å². The number of aromatic nitrogens is 2. The van der Waals surface area contributed by atoms with Gasteiger partial charge in [-0.1, -0.05) is 12.8 Å². The minimum atomic E-state index is 0.424. The van der Waals surface area contributed by atoms with E-state index >= 15 is 0 Å². The first-order valence-corrected chi connectivity index (χ1v) is 8.64. The van der Waals surface area contributed by atoms with Gasteiger partial charge in [-0.15, -0.1) is 11.6 Å². The molecule has 3 rings (SSSR count). The quantitative estimate of drug-likeness (QED) is 0.835. The van der Waals surface area contributed by atoms with Crippen LogP contribution in [0.3, 0.4) is 0 Å². The second-order valence-electron chi connectivity index (χ2n) is 6.47. The van der Waals surface area contributed by atoms with Gasteiger partial charge < -0.3 is 5.32 Å². The second kappa shape index (κ2) is 6.95. The summed E-state index contributed by atoms with van der Waals surface area (Å²) in [6, 6.07) is 2.82. The standard InChI is InChI=1S/C16H26ClN3/c17-14-7-5-13(6-8-14)11-18-12-15-9-10-20(19-15)16-3-1-2-4-16/h9-10,13-14,16,18H,1-8,11-12H2. The molecular formula is C16H26ClN3. The van der Waals surface area contributed by atoms with E-state index in [2.05, 4.69) is 22.3 Å². The number of alkyl halides is 1. The van der Waals surface area contributed by atoms with Crippen LogP contribution in [0.25, 0.3) is 0 Å². The van der Waals surface area contributed by atoms with Gasteiger partial charge in [-0.25, -0.2) is 0 Å². The zero-order valence-electron chi connectivity index (χ0n) is 12.2. The highest BCUT2D eigenvalue weighted by Gasteiger charge is 2.19. The summed E-state index contributed by atoms with van der Waals surface area (Å²) < 4.78 is 2.18. The second-order valence-corrected chi connectivity index (χ2v) is 7.09. The maximum absolute atomic E-state index is 6.14. The van der Waals surface area contributed by atoms with Gasteiger partial charge >= 0.3 is 0 Å². The molecule has 1 aromatic heterocycles. The van der Waals surface area contributed by atoms with E-state index in [0.29, 0.717) is 11.4 Å². The Kier molecular flexibility index (Phi) is 5.00. The number of halogens is 1. The zero-order chi connectivity index (χ0) is 13.8. The van der Waals surface area contributed by atoms with Gasteiger partial charge in [0.1, 0.15) is 0 Å². The molecule has 112 valence electrons. The lowest BCUT2D eigenvalue weighted by atomic mass is 9.89. The number of rotatable bonds is 5. The molecule has 1 heterocycles. The summed E-state index contributed by atoms with van der Waals surface area (Å²) in [5.74, 6) is 0.807. The van der Waals surface area contributed by atoms with Crippen LogP contribution in [0, 0.1) is 5.92 Å². The van der Waals surface area contributed by atoms with E-state index in [0.717, 1.165) is 19.0 Å². The van der Waals surface area contributed by atoms with E-state index in [1.54, 1.807) is 0 Å². The molecule has 1 aromatic rings. The molecule has 0 saturated heterocycles. The van der Waals surface area contributed by atoms with Gasteiger partial charge in [-0.05, 0) is 57.1 Å². The molecule has 0 aromatic carbocycles. The molecule has 0 unspecified atom stereocenters. The van der Waals surface area contributed by atoms with Crippen molar-refractivity contribution in [2.45, 2.75) is 69.3 Å². The van der Waals surface area contributed by atoms with Crippen molar-refractivity contribution in [1.82, 2.24) is 15.1 Å². The monoisotopic (exact) mass is 295 g/mol. The SMILES string of the molecule is ClC1CCC(CNCc2ccn(C3CCCC3)n2)CC1. The molecule has 1 N–H and O–H groups in total. The molecule has 0 amide bonds. The number of nitrogens with one attached hydrogen (secondary N) is 1. The average molecular weight is 296 g/mol. The van der Waals surface area contributed by atoms with Crippen LogP contribution in [0.2, 0.25) is 0 Å². The van der Waals surface area contributed by atoms with E-state index in [1.165, 1.54) is 57.1 Å². The molecule has 0 bridgehead atoms. The maximum Gasteiger partial charge on any atom is 0.0762 e.